The van der Waals surface area contributed by atoms with E-state index in [4.69, 9.17) is 0 Å². The first-order valence-corrected chi connectivity index (χ1v) is 7.84. The summed E-state index contributed by atoms with van der Waals surface area (Å²) in [6, 6.07) is 17.8. The number of hydrogen-bond acceptors (Lipinski definition) is 1. The van der Waals surface area contributed by atoms with Gasteiger partial charge in [-0.2, -0.15) is 0 Å². The molecule has 0 bridgehead atoms. The van der Waals surface area contributed by atoms with Crippen molar-refractivity contribution >= 4 is 22.6 Å². The smallest absolute Gasteiger partial charge is 0.0584 e. The molecule has 0 spiro atoms. The van der Waals surface area contributed by atoms with Crippen LogP contribution in [0.5, 0.6) is 0 Å². The summed E-state index contributed by atoms with van der Waals surface area (Å²) in [5.74, 6) is 0. The Morgan fingerprint density at radius 3 is 2.58 bits per heavy atom. The Morgan fingerprint density at radius 1 is 1.11 bits per heavy atom. The summed E-state index contributed by atoms with van der Waals surface area (Å²) >= 11 is 2.41. The third-order valence-electron chi connectivity index (χ3n) is 3.33. The summed E-state index contributed by atoms with van der Waals surface area (Å²) in [4.78, 5) is 0. The predicted octanol–water partition coefficient (Wildman–Crippen LogP) is 4.55. The number of aryl methyl sites for hydroxylation is 1. The van der Waals surface area contributed by atoms with Gasteiger partial charge in [0.15, 0.2) is 0 Å². The van der Waals surface area contributed by atoms with Crippen LogP contribution in [0.15, 0.2) is 48.5 Å². The van der Waals surface area contributed by atoms with E-state index in [0.29, 0.717) is 0 Å². The molecular weight excluding hydrogens is 345 g/mol. The van der Waals surface area contributed by atoms with Crippen LogP contribution in [0.25, 0.3) is 0 Å². The fourth-order valence-electron chi connectivity index (χ4n) is 2.43. The summed E-state index contributed by atoms with van der Waals surface area (Å²) in [6.45, 7) is 2.22. The van der Waals surface area contributed by atoms with Gasteiger partial charge in [0.1, 0.15) is 0 Å². The second-order valence-corrected chi connectivity index (χ2v) is 5.90. The average molecular weight is 365 g/mol. The summed E-state index contributed by atoms with van der Waals surface area (Å²) in [6.07, 6.45) is 2.34. The molecule has 0 saturated carbocycles. The topological polar surface area (TPSA) is 12.0 Å². The first kappa shape index (κ1) is 14.5. The van der Waals surface area contributed by atoms with Crippen LogP contribution in [-0.4, -0.2) is 7.05 Å². The van der Waals surface area contributed by atoms with Gasteiger partial charge in [0.2, 0.25) is 0 Å². The van der Waals surface area contributed by atoms with E-state index >= 15 is 0 Å². The van der Waals surface area contributed by atoms with Crippen molar-refractivity contribution in [3.8, 4) is 0 Å². The Balaban J connectivity index is 2.37. The zero-order valence-corrected chi connectivity index (χ0v) is 13.6. The van der Waals surface area contributed by atoms with Gasteiger partial charge in [-0.05, 0) is 58.8 Å². The molecule has 0 aliphatic heterocycles. The molecule has 2 heteroatoms. The molecule has 0 heterocycles. The van der Waals surface area contributed by atoms with Gasteiger partial charge in [0.05, 0.1) is 6.04 Å². The van der Waals surface area contributed by atoms with Gasteiger partial charge in [-0.15, -0.1) is 0 Å². The molecule has 1 N–H and O–H groups in total. The second kappa shape index (κ2) is 7.06. The molecule has 2 aromatic rings. The molecule has 2 aromatic carbocycles. The summed E-state index contributed by atoms with van der Waals surface area (Å²) in [7, 11) is 2.03. The maximum absolute atomic E-state index is 3.44. The number of hydrogen-bond donors (Lipinski definition) is 1. The lowest BCUT2D eigenvalue weighted by Gasteiger charge is -2.19. The quantitative estimate of drug-likeness (QED) is 0.767. The van der Waals surface area contributed by atoms with Crippen molar-refractivity contribution in [2.24, 2.45) is 0 Å². The molecular formula is C17H20IN. The minimum absolute atomic E-state index is 0.268. The molecule has 0 aliphatic carbocycles. The van der Waals surface area contributed by atoms with E-state index < -0.39 is 0 Å². The van der Waals surface area contributed by atoms with Gasteiger partial charge in [-0.1, -0.05) is 55.8 Å². The molecule has 0 aliphatic rings. The first-order chi connectivity index (χ1) is 9.26. The molecule has 0 fully saturated rings. The number of halogens is 1. The summed E-state index contributed by atoms with van der Waals surface area (Å²) in [5, 5.41) is 3.44. The van der Waals surface area contributed by atoms with Gasteiger partial charge in [-0.25, -0.2) is 0 Å². The standard InChI is InChI=1S/C17H20IN/c1-3-7-13-8-6-9-14(12-13)17(19-2)15-10-4-5-11-16(15)18/h4-6,8-12,17,19H,3,7H2,1-2H3. The van der Waals surface area contributed by atoms with Crippen LogP contribution in [0.3, 0.4) is 0 Å². The van der Waals surface area contributed by atoms with E-state index in [1.54, 1.807) is 0 Å². The zero-order valence-electron chi connectivity index (χ0n) is 11.5. The van der Waals surface area contributed by atoms with Crippen LogP contribution in [0.2, 0.25) is 0 Å². The Labute approximate surface area is 129 Å². The van der Waals surface area contributed by atoms with Crippen molar-refractivity contribution in [1.29, 1.82) is 0 Å². The van der Waals surface area contributed by atoms with E-state index in [9.17, 15) is 0 Å². The molecule has 1 unspecified atom stereocenters. The van der Waals surface area contributed by atoms with Gasteiger partial charge in [0.25, 0.3) is 0 Å². The summed E-state index contributed by atoms with van der Waals surface area (Å²) < 4.78 is 1.31. The largest absolute Gasteiger partial charge is 0.309 e. The normalized spacial score (nSPS) is 12.4. The third kappa shape index (κ3) is 3.57. The Bertz CT molecular complexity index is 536. The van der Waals surface area contributed by atoms with Crippen LogP contribution in [0.4, 0.5) is 0 Å². The molecule has 0 aromatic heterocycles. The molecule has 0 saturated heterocycles. The maximum Gasteiger partial charge on any atom is 0.0584 e. The van der Waals surface area contributed by atoms with Gasteiger partial charge >= 0.3 is 0 Å². The fourth-order valence-corrected chi connectivity index (χ4v) is 3.13. The summed E-state index contributed by atoms with van der Waals surface area (Å²) in [5.41, 5.74) is 4.11. The highest BCUT2D eigenvalue weighted by atomic mass is 127. The SMILES string of the molecule is CCCc1cccc(C(NC)c2ccccc2I)c1. The van der Waals surface area contributed by atoms with Crippen LogP contribution >= 0.6 is 22.6 Å². The highest BCUT2D eigenvalue weighted by molar-refractivity contribution is 14.1. The van der Waals surface area contributed by atoms with E-state index in [0.717, 1.165) is 6.42 Å². The van der Waals surface area contributed by atoms with E-state index in [2.05, 4.69) is 83.4 Å². The van der Waals surface area contributed by atoms with Gasteiger partial charge in [0, 0.05) is 3.57 Å². The number of benzene rings is 2. The second-order valence-electron chi connectivity index (χ2n) is 4.74. The monoisotopic (exact) mass is 365 g/mol. The van der Waals surface area contributed by atoms with Crippen molar-refractivity contribution in [2.45, 2.75) is 25.8 Å². The molecule has 2 rings (SSSR count). The van der Waals surface area contributed by atoms with Crippen LogP contribution < -0.4 is 5.32 Å². The maximum atomic E-state index is 3.44. The zero-order chi connectivity index (χ0) is 13.7. The van der Waals surface area contributed by atoms with E-state index in [1.165, 1.54) is 26.7 Å². The van der Waals surface area contributed by atoms with Crippen molar-refractivity contribution in [3.05, 3.63) is 68.8 Å². The van der Waals surface area contributed by atoms with Crippen molar-refractivity contribution in [2.75, 3.05) is 7.05 Å². The first-order valence-electron chi connectivity index (χ1n) is 6.76. The molecule has 1 nitrogen and oxygen atoms in total. The van der Waals surface area contributed by atoms with Crippen molar-refractivity contribution in [1.82, 2.24) is 5.32 Å². The van der Waals surface area contributed by atoms with Crippen molar-refractivity contribution < 1.29 is 0 Å². The highest BCUT2D eigenvalue weighted by Crippen LogP contribution is 2.26. The minimum atomic E-state index is 0.268. The molecule has 0 radical (unpaired) electrons. The van der Waals surface area contributed by atoms with Crippen LogP contribution in [0.1, 0.15) is 36.1 Å². The highest BCUT2D eigenvalue weighted by Gasteiger charge is 2.14. The van der Waals surface area contributed by atoms with E-state index in [1.807, 2.05) is 7.05 Å². The molecule has 0 amide bonds. The number of rotatable bonds is 5. The van der Waals surface area contributed by atoms with Gasteiger partial charge in [-0.3, -0.25) is 0 Å². The molecule has 100 valence electrons. The lowest BCUT2D eigenvalue weighted by Crippen LogP contribution is -2.18. The van der Waals surface area contributed by atoms with Crippen molar-refractivity contribution in [3.63, 3.8) is 0 Å². The Kier molecular flexibility index (Phi) is 5.40. The molecule has 1 atom stereocenters. The average Bonchev–Trinajstić information content (AvgIpc) is 2.43. The number of nitrogens with one attached hydrogen (secondary N) is 1. The third-order valence-corrected chi connectivity index (χ3v) is 4.31. The minimum Gasteiger partial charge on any atom is -0.309 e. The van der Waals surface area contributed by atoms with Gasteiger partial charge < -0.3 is 5.32 Å². The fraction of sp³-hybridized carbons (Fsp3) is 0.294. The Hall–Kier alpha value is -0.870. The van der Waals surface area contributed by atoms with E-state index in [-0.39, 0.29) is 6.04 Å². The lowest BCUT2D eigenvalue weighted by atomic mass is 9.96. The van der Waals surface area contributed by atoms with Crippen LogP contribution in [-0.2, 0) is 6.42 Å². The van der Waals surface area contributed by atoms with Crippen LogP contribution in [0, 0.1) is 3.57 Å². The lowest BCUT2D eigenvalue weighted by molar-refractivity contribution is 0.687. The predicted molar refractivity (Wildman–Crippen MR) is 90.5 cm³/mol. The molecule has 19 heavy (non-hydrogen) atoms. The Morgan fingerprint density at radius 2 is 1.89 bits per heavy atom.